The Morgan fingerprint density at radius 2 is 2.09 bits per heavy atom. The monoisotopic (exact) mass is 352 g/mol. The summed E-state index contributed by atoms with van der Waals surface area (Å²) in [6.07, 6.45) is 2.87. The van der Waals surface area contributed by atoms with Gasteiger partial charge in [0.2, 0.25) is 15.2 Å². The number of sulfonamides is 1. The molecule has 2 heterocycles. The molecule has 0 fully saturated rings. The maximum atomic E-state index is 12.3. The Labute approximate surface area is 137 Å². The molecule has 0 aliphatic rings. The van der Waals surface area contributed by atoms with Gasteiger partial charge in [-0.3, -0.25) is 4.72 Å². The highest BCUT2D eigenvalue weighted by atomic mass is 32.2. The average Bonchev–Trinajstić information content (AvgIpc) is 3.12. The molecule has 9 heteroatoms. The third-order valence-corrected chi connectivity index (χ3v) is 5.42. The van der Waals surface area contributed by atoms with Crippen LogP contribution in [0.5, 0.6) is 0 Å². The molecule has 0 saturated carbocycles. The third-order valence-electron chi connectivity index (χ3n) is 3.23. The highest BCUT2D eigenvalue weighted by molar-refractivity contribution is 7.92. The summed E-state index contributed by atoms with van der Waals surface area (Å²) in [5.74, 6) is -0.270. The van der Waals surface area contributed by atoms with Crippen molar-refractivity contribution in [3.63, 3.8) is 0 Å². The van der Waals surface area contributed by atoms with Gasteiger partial charge in [0.25, 0.3) is 0 Å². The van der Waals surface area contributed by atoms with Crippen LogP contribution in [0.2, 0.25) is 0 Å². The molecule has 122 valence electrons. The lowest BCUT2D eigenvalue weighted by Gasteiger charge is -2.02. The molecular formula is C14H16N4O3S2. The van der Waals surface area contributed by atoms with E-state index >= 15 is 0 Å². The number of aromatic nitrogens is 3. The predicted molar refractivity (Wildman–Crippen MR) is 88.8 cm³/mol. The molecule has 0 radical (unpaired) electrons. The fourth-order valence-electron chi connectivity index (χ4n) is 2.12. The summed E-state index contributed by atoms with van der Waals surface area (Å²) in [6, 6.07) is 7.15. The molecule has 0 aliphatic heterocycles. The number of aryl methyl sites for hydroxylation is 1. The fourth-order valence-corrected chi connectivity index (χ4v) is 4.24. The van der Waals surface area contributed by atoms with Crippen LogP contribution in [0.15, 0.2) is 28.8 Å². The van der Waals surface area contributed by atoms with Crippen molar-refractivity contribution in [1.29, 1.82) is 0 Å². The molecule has 1 N–H and O–H groups in total. The van der Waals surface area contributed by atoms with Crippen LogP contribution >= 0.6 is 11.3 Å². The number of rotatable bonds is 7. The van der Waals surface area contributed by atoms with Gasteiger partial charge in [-0.05, 0) is 18.6 Å². The van der Waals surface area contributed by atoms with Crippen LogP contribution < -0.4 is 4.72 Å². The molecule has 0 aliphatic carbocycles. The van der Waals surface area contributed by atoms with Gasteiger partial charge in [0.1, 0.15) is 16.5 Å². The van der Waals surface area contributed by atoms with Gasteiger partial charge in [-0.1, -0.05) is 42.0 Å². The molecular weight excluding hydrogens is 336 g/mol. The number of anilines is 1. The Morgan fingerprint density at radius 3 is 2.91 bits per heavy atom. The van der Waals surface area contributed by atoms with Gasteiger partial charge in [0.15, 0.2) is 5.58 Å². The maximum Gasteiger partial charge on any atom is 0.240 e. The smallest absolute Gasteiger partial charge is 0.240 e. The molecule has 0 amide bonds. The molecule has 23 heavy (non-hydrogen) atoms. The van der Waals surface area contributed by atoms with E-state index in [1.54, 1.807) is 12.1 Å². The molecule has 0 unspecified atom stereocenters. The van der Waals surface area contributed by atoms with Crippen molar-refractivity contribution in [2.45, 2.75) is 31.9 Å². The van der Waals surface area contributed by atoms with E-state index < -0.39 is 10.0 Å². The van der Waals surface area contributed by atoms with Gasteiger partial charge in [-0.25, -0.2) is 8.42 Å². The number of hydrogen-bond donors (Lipinski definition) is 1. The van der Waals surface area contributed by atoms with E-state index in [0.717, 1.165) is 24.3 Å². The summed E-state index contributed by atoms with van der Waals surface area (Å²) in [7, 11) is -3.62. The first-order chi connectivity index (χ1) is 11.1. The number of para-hydroxylation sites is 1. The van der Waals surface area contributed by atoms with Crippen molar-refractivity contribution in [3.05, 3.63) is 35.0 Å². The molecule has 2 aromatic heterocycles. The van der Waals surface area contributed by atoms with Gasteiger partial charge < -0.3 is 4.52 Å². The minimum atomic E-state index is -3.62. The van der Waals surface area contributed by atoms with Gasteiger partial charge >= 0.3 is 0 Å². The number of nitrogens with zero attached hydrogens (tertiary/aromatic N) is 3. The van der Waals surface area contributed by atoms with E-state index in [0.29, 0.717) is 16.7 Å². The minimum absolute atomic E-state index is 0.270. The maximum absolute atomic E-state index is 12.3. The van der Waals surface area contributed by atoms with E-state index in [4.69, 9.17) is 4.52 Å². The Bertz CT molecular complexity index is 902. The van der Waals surface area contributed by atoms with Gasteiger partial charge in [-0.15, -0.1) is 10.2 Å². The number of fused-ring (bicyclic) bond motifs is 1. The van der Waals surface area contributed by atoms with E-state index in [2.05, 4.69) is 27.0 Å². The normalized spacial score (nSPS) is 11.9. The molecule has 0 atom stereocenters. The highest BCUT2D eigenvalue weighted by Crippen LogP contribution is 2.22. The van der Waals surface area contributed by atoms with E-state index in [1.165, 1.54) is 11.3 Å². The first-order valence-electron chi connectivity index (χ1n) is 7.23. The lowest BCUT2D eigenvalue weighted by Crippen LogP contribution is -2.15. The third kappa shape index (κ3) is 3.85. The Balaban J connectivity index is 1.73. The van der Waals surface area contributed by atoms with Crippen molar-refractivity contribution in [1.82, 2.24) is 15.4 Å². The van der Waals surface area contributed by atoms with Crippen molar-refractivity contribution in [2.24, 2.45) is 0 Å². The Morgan fingerprint density at radius 1 is 1.26 bits per heavy atom. The first kappa shape index (κ1) is 15.9. The lowest BCUT2D eigenvalue weighted by atomic mass is 10.2. The summed E-state index contributed by atoms with van der Waals surface area (Å²) in [5, 5.41) is 13.5. The number of benzene rings is 1. The van der Waals surface area contributed by atoms with Crippen LogP contribution in [-0.2, 0) is 22.2 Å². The van der Waals surface area contributed by atoms with Gasteiger partial charge in [-0.2, -0.15) is 0 Å². The van der Waals surface area contributed by atoms with Crippen LogP contribution in [0.1, 0.15) is 30.5 Å². The van der Waals surface area contributed by atoms with Crippen LogP contribution in [0.25, 0.3) is 11.0 Å². The fraction of sp³-hybridized carbons (Fsp3) is 0.357. The van der Waals surface area contributed by atoms with Crippen molar-refractivity contribution in [3.8, 4) is 0 Å². The molecule has 0 spiro atoms. The largest absolute Gasteiger partial charge is 0.356 e. The van der Waals surface area contributed by atoms with E-state index in [1.807, 2.05) is 12.1 Å². The zero-order valence-electron chi connectivity index (χ0n) is 12.5. The second-order valence-corrected chi connectivity index (χ2v) is 7.88. The summed E-state index contributed by atoms with van der Waals surface area (Å²) >= 11 is 1.26. The van der Waals surface area contributed by atoms with Gasteiger partial charge in [0, 0.05) is 11.8 Å². The second kappa shape index (κ2) is 6.63. The zero-order chi connectivity index (χ0) is 16.3. The van der Waals surface area contributed by atoms with Gasteiger partial charge in [0.05, 0.1) is 0 Å². The predicted octanol–water partition coefficient (Wildman–Crippen LogP) is 2.96. The summed E-state index contributed by atoms with van der Waals surface area (Å²) in [6.45, 7) is 2.09. The summed E-state index contributed by atoms with van der Waals surface area (Å²) in [5.41, 5.74) is 0.944. The van der Waals surface area contributed by atoms with Crippen LogP contribution in [0.3, 0.4) is 0 Å². The zero-order valence-corrected chi connectivity index (χ0v) is 14.2. The van der Waals surface area contributed by atoms with Crippen LogP contribution in [-0.4, -0.2) is 23.8 Å². The average molecular weight is 352 g/mol. The SMILES string of the molecule is CCCCc1nnc(NS(=O)(=O)Cc2noc3ccccc23)s1. The topological polar surface area (TPSA) is 98.0 Å². The van der Waals surface area contributed by atoms with Crippen LogP contribution in [0.4, 0.5) is 5.13 Å². The quantitative estimate of drug-likeness (QED) is 0.702. The minimum Gasteiger partial charge on any atom is -0.356 e. The summed E-state index contributed by atoms with van der Waals surface area (Å²) in [4.78, 5) is 0. The summed E-state index contributed by atoms with van der Waals surface area (Å²) < 4.78 is 32.1. The Kier molecular flexibility index (Phi) is 4.58. The molecule has 0 bridgehead atoms. The highest BCUT2D eigenvalue weighted by Gasteiger charge is 2.19. The molecule has 3 aromatic rings. The number of unbranched alkanes of at least 4 members (excludes halogenated alkanes) is 1. The van der Waals surface area contributed by atoms with Crippen molar-refractivity contribution >= 4 is 37.5 Å². The second-order valence-electron chi connectivity index (χ2n) is 5.09. The van der Waals surface area contributed by atoms with Crippen molar-refractivity contribution < 1.29 is 12.9 Å². The lowest BCUT2D eigenvalue weighted by molar-refractivity contribution is 0.448. The number of hydrogen-bond acceptors (Lipinski definition) is 7. The molecule has 1 aromatic carbocycles. The molecule has 0 saturated heterocycles. The number of nitrogens with one attached hydrogen (secondary N) is 1. The Hall–Kier alpha value is -2.00. The standard InChI is InChI=1S/C14H16N4O3S2/c1-2-3-8-13-15-16-14(22-13)18-23(19,20)9-11-10-6-4-5-7-12(10)21-17-11/h4-7H,2-3,8-9H2,1H3,(H,16,18). The van der Waals surface area contributed by atoms with E-state index in [9.17, 15) is 8.42 Å². The molecule has 3 rings (SSSR count). The van der Waals surface area contributed by atoms with Crippen molar-refractivity contribution in [2.75, 3.05) is 4.72 Å². The first-order valence-corrected chi connectivity index (χ1v) is 9.70. The van der Waals surface area contributed by atoms with E-state index in [-0.39, 0.29) is 10.9 Å². The van der Waals surface area contributed by atoms with Crippen LogP contribution in [0, 0.1) is 0 Å². The molecule has 7 nitrogen and oxygen atoms in total.